The minimum atomic E-state index is -0.00800. The molecule has 142 valence electrons. The van der Waals surface area contributed by atoms with Gasteiger partial charge in [-0.1, -0.05) is 0 Å². The molecule has 1 amide bonds. The smallest absolute Gasteiger partial charge is 0.251 e. The zero-order chi connectivity index (χ0) is 18.8. The Morgan fingerprint density at radius 2 is 2.00 bits per heavy atom. The molecule has 1 aromatic heterocycles. The van der Waals surface area contributed by atoms with E-state index in [0.29, 0.717) is 17.5 Å². The van der Waals surface area contributed by atoms with Crippen LogP contribution in [0.3, 0.4) is 0 Å². The Bertz CT molecular complexity index is 835. The number of rotatable bonds is 6. The Morgan fingerprint density at radius 3 is 2.74 bits per heavy atom. The number of anilines is 1. The van der Waals surface area contributed by atoms with E-state index in [1.54, 1.807) is 26.5 Å². The first-order valence-electron chi connectivity index (χ1n) is 9.41. The fourth-order valence-corrected chi connectivity index (χ4v) is 3.61. The quantitative estimate of drug-likeness (QED) is 0.850. The predicted octanol–water partition coefficient (Wildman–Crippen LogP) is 2.98. The maximum absolute atomic E-state index is 12.3. The molecule has 1 N–H and O–H groups in total. The SMILES string of the molecule is COc1ccc(OC)c(C2CCN(c3cc(C(=O)NC4CC4)ccn3)C2)c1. The van der Waals surface area contributed by atoms with E-state index in [0.717, 1.165) is 55.2 Å². The van der Waals surface area contributed by atoms with Crippen molar-refractivity contribution in [2.75, 3.05) is 32.2 Å². The van der Waals surface area contributed by atoms with Gasteiger partial charge in [0.2, 0.25) is 0 Å². The lowest BCUT2D eigenvalue weighted by atomic mass is 9.97. The fraction of sp³-hybridized carbons (Fsp3) is 0.429. The zero-order valence-electron chi connectivity index (χ0n) is 15.8. The van der Waals surface area contributed by atoms with Crippen LogP contribution < -0.4 is 19.7 Å². The summed E-state index contributed by atoms with van der Waals surface area (Å²) in [5.41, 5.74) is 1.83. The van der Waals surface area contributed by atoms with Crippen molar-refractivity contribution >= 4 is 11.7 Å². The largest absolute Gasteiger partial charge is 0.497 e. The molecule has 6 nitrogen and oxygen atoms in total. The highest BCUT2D eigenvalue weighted by Crippen LogP contribution is 2.37. The molecule has 27 heavy (non-hydrogen) atoms. The molecule has 1 aliphatic heterocycles. The maximum atomic E-state index is 12.3. The van der Waals surface area contributed by atoms with E-state index >= 15 is 0 Å². The summed E-state index contributed by atoms with van der Waals surface area (Å²) >= 11 is 0. The van der Waals surface area contributed by atoms with Crippen molar-refractivity contribution in [3.63, 3.8) is 0 Å². The molecular formula is C21H25N3O3. The predicted molar refractivity (Wildman–Crippen MR) is 104 cm³/mol. The lowest BCUT2D eigenvalue weighted by molar-refractivity contribution is 0.0951. The number of hydrogen-bond acceptors (Lipinski definition) is 5. The second-order valence-corrected chi connectivity index (χ2v) is 7.19. The highest BCUT2D eigenvalue weighted by Gasteiger charge is 2.28. The number of amides is 1. The van der Waals surface area contributed by atoms with Gasteiger partial charge in [-0.25, -0.2) is 4.98 Å². The molecule has 6 heteroatoms. The molecule has 2 heterocycles. The Morgan fingerprint density at radius 1 is 1.15 bits per heavy atom. The van der Waals surface area contributed by atoms with Gasteiger partial charge >= 0.3 is 0 Å². The van der Waals surface area contributed by atoms with Crippen molar-refractivity contribution in [3.05, 3.63) is 47.7 Å². The second-order valence-electron chi connectivity index (χ2n) is 7.19. The van der Waals surface area contributed by atoms with Crippen molar-refractivity contribution < 1.29 is 14.3 Å². The van der Waals surface area contributed by atoms with Gasteiger partial charge in [0.1, 0.15) is 17.3 Å². The van der Waals surface area contributed by atoms with E-state index in [9.17, 15) is 4.79 Å². The minimum Gasteiger partial charge on any atom is -0.497 e. The van der Waals surface area contributed by atoms with Gasteiger partial charge < -0.3 is 19.7 Å². The molecule has 2 aliphatic rings. The van der Waals surface area contributed by atoms with Crippen LogP contribution in [0.25, 0.3) is 0 Å². The van der Waals surface area contributed by atoms with Gasteiger partial charge in [0.25, 0.3) is 5.91 Å². The van der Waals surface area contributed by atoms with Crippen molar-refractivity contribution in [3.8, 4) is 11.5 Å². The number of pyridine rings is 1. The van der Waals surface area contributed by atoms with Gasteiger partial charge in [-0.3, -0.25) is 4.79 Å². The first-order chi connectivity index (χ1) is 13.2. The zero-order valence-corrected chi connectivity index (χ0v) is 15.8. The highest BCUT2D eigenvalue weighted by atomic mass is 16.5. The third-order valence-corrected chi connectivity index (χ3v) is 5.31. The van der Waals surface area contributed by atoms with Crippen LogP contribution in [0, 0.1) is 0 Å². The number of nitrogens with one attached hydrogen (secondary N) is 1. The third-order valence-electron chi connectivity index (χ3n) is 5.31. The molecule has 0 spiro atoms. The van der Waals surface area contributed by atoms with E-state index in [2.05, 4.69) is 21.3 Å². The summed E-state index contributed by atoms with van der Waals surface area (Å²) in [6, 6.07) is 9.95. The third kappa shape index (κ3) is 3.84. The Kier molecular flexibility index (Phi) is 4.88. The number of carbonyl (C=O) groups is 1. The van der Waals surface area contributed by atoms with Crippen molar-refractivity contribution in [2.24, 2.45) is 0 Å². The number of ether oxygens (including phenoxy) is 2. The Hall–Kier alpha value is -2.76. The van der Waals surface area contributed by atoms with Gasteiger partial charge in [-0.15, -0.1) is 0 Å². The second kappa shape index (κ2) is 7.47. The average molecular weight is 367 g/mol. The van der Waals surface area contributed by atoms with E-state index in [4.69, 9.17) is 9.47 Å². The molecule has 1 atom stereocenters. The van der Waals surface area contributed by atoms with E-state index in [1.807, 2.05) is 18.2 Å². The standard InChI is InChI=1S/C21H25N3O3/c1-26-17-5-6-19(27-2)18(12-17)15-8-10-24(13-15)20-11-14(7-9-22-20)21(25)23-16-3-4-16/h5-7,9,11-12,15-16H,3-4,8,10,13H2,1-2H3,(H,23,25). The lowest BCUT2D eigenvalue weighted by Crippen LogP contribution is -2.26. The van der Waals surface area contributed by atoms with Crippen LogP contribution in [0.15, 0.2) is 36.5 Å². The van der Waals surface area contributed by atoms with Crippen LogP contribution >= 0.6 is 0 Å². The van der Waals surface area contributed by atoms with Crippen LogP contribution in [-0.4, -0.2) is 44.2 Å². The summed E-state index contributed by atoms with van der Waals surface area (Å²) in [7, 11) is 3.37. The molecule has 2 aromatic rings. The molecule has 1 aromatic carbocycles. The summed E-state index contributed by atoms with van der Waals surface area (Å²) in [5, 5.41) is 3.03. The number of nitrogens with zero attached hydrogens (tertiary/aromatic N) is 2. The molecular weight excluding hydrogens is 342 g/mol. The molecule has 1 saturated heterocycles. The fourth-order valence-electron chi connectivity index (χ4n) is 3.61. The number of hydrogen-bond donors (Lipinski definition) is 1. The summed E-state index contributed by atoms with van der Waals surface area (Å²) < 4.78 is 10.9. The average Bonchev–Trinajstić information content (AvgIpc) is 3.39. The van der Waals surface area contributed by atoms with Crippen LogP contribution in [0.1, 0.15) is 41.1 Å². The maximum Gasteiger partial charge on any atom is 0.251 e. The van der Waals surface area contributed by atoms with Gasteiger partial charge in [-0.05, 0) is 49.6 Å². The minimum absolute atomic E-state index is 0.00800. The molecule has 1 unspecified atom stereocenters. The highest BCUT2D eigenvalue weighted by molar-refractivity contribution is 5.95. The lowest BCUT2D eigenvalue weighted by Gasteiger charge is -2.19. The van der Waals surface area contributed by atoms with Gasteiger partial charge in [0, 0.05) is 42.4 Å². The molecule has 0 bridgehead atoms. The molecule has 1 aliphatic carbocycles. The van der Waals surface area contributed by atoms with E-state index in [1.165, 1.54) is 0 Å². The normalized spacial score (nSPS) is 19.0. The summed E-state index contributed by atoms with van der Waals surface area (Å²) in [5.74, 6) is 2.89. The van der Waals surface area contributed by atoms with Crippen LogP contribution in [0.2, 0.25) is 0 Å². The van der Waals surface area contributed by atoms with Gasteiger partial charge in [-0.2, -0.15) is 0 Å². The molecule has 2 fully saturated rings. The van der Waals surface area contributed by atoms with E-state index in [-0.39, 0.29) is 5.91 Å². The van der Waals surface area contributed by atoms with Gasteiger partial charge in [0.15, 0.2) is 0 Å². The van der Waals surface area contributed by atoms with Crippen molar-refractivity contribution in [1.29, 1.82) is 0 Å². The van der Waals surface area contributed by atoms with Gasteiger partial charge in [0.05, 0.1) is 14.2 Å². The molecule has 0 radical (unpaired) electrons. The van der Waals surface area contributed by atoms with Crippen LogP contribution in [0.4, 0.5) is 5.82 Å². The Balaban J connectivity index is 1.50. The Labute approximate surface area is 159 Å². The first kappa shape index (κ1) is 17.6. The number of benzene rings is 1. The van der Waals surface area contributed by atoms with Crippen LogP contribution in [0.5, 0.6) is 11.5 Å². The van der Waals surface area contributed by atoms with Crippen molar-refractivity contribution in [1.82, 2.24) is 10.3 Å². The van der Waals surface area contributed by atoms with E-state index < -0.39 is 0 Å². The topological polar surface area (TPSA) is 63.7 Å². The first-order valence-corrected chi connectivity index (χ1v) is 9.41. The monoisotopic (exact) mass is 367 g/mol. The number of aromatic nitrogens is 1. The number of carbonyl (C=O) groups excluding carboxylic acids is 1. The molecule has 1 saturated carbocycles. The molecule has 4 rings (SSSR count). The van der Waals surface area contributed by atoms with Crippen molar-refractivity contribution in [2.45, 2.75) is 31.2 Å². The van der Waals surface area contributed by atoms with Crippen LogP contribution in [-0.2, 0) is 0 Å². The summed E-state index contributed by atoms with van der Waals surface area (Å²) in [4.78, 5) is 19.0. The number of methoxy groups -OCH3 is 2. The summed E-state index contributed by atoms with van der Waals surface area (Å²) in [6.07, 6.45) is 4.89. The summed E-state index contributed by atoms with van der Waals surface area (Å²) in [6.45, 7) is 1.73.